The van der Waals surface area contributed by atoms with Gasteiger partial charge in [-0.15, -0.1) is 0 Å². The molecular weight excluding hydrogens is 364 g/mol. The van der Waals surface area contributed by atoms with E-state index in [-0.39, 0.29) is 5.02 Å². The fourth-order valence-corrected chi connectivity index (χ4v) is 1.64. The second-order valence-electron chi connectivity index (χ2n) is 4.28. The van der Waals surface area contributed by atoms with Crippen LogP contribution in [0, 0.1) is 10.1 Å². The summed E-state index contributed by atoms with van der Waals surface area (Å²) in [7, 11) is 0. The van der Waals surface area contributed by atoms with E-state index in [1.165, 1.54) is 12.1 Å². The first-order valence-electron chi connectivity index (χ1n) is 6.06. The van der Waals surface area contributed by atoms with Gasteiger partial charge in [-0.2, -0.15) is 26.3 Å². The van der Waals surface area contributed by atoms with Gasteiger partial charge in [-0.25, -0.2) is 0 Å². The van der Waals surface area contributed by atoms with Gasteiger partial charge in [-0.05, 0) is 12.1 Å². The molecule has 24 heavy (non-hydrogen) atoms. The summed E-state index contributed by atoms with van der Waals surface area (Å²) < 4.78 is 71.7. The molecule has 0 aromatic heterocycles. The second kappa shape index (κ2) is 7.52. The molecule has 0 aliphatic rings. The van der Waals surface area contributed by atoms with Crippen molar-refractivity contribution in [1.82, 2.24) is 0 Å². The molecule has 0 radical (unpaired) electrons. The van der Waals surface area contributed by atoms with Gasteiger partial charge in [0.05, 0.1) is 16.1 Å². The van der Waals surface area contributed by atoms with Crippen LogP contribution in [0.5, 0.6) is 0 Å². The van der Waals surface area contributed by atoms with Gasteiger partial charge in [0.1, 0.15) is 5.02 Å². The minimum absolute atomic E-state index is 0.317. The SMILES string of the molecule is FC(F)(F)c1ccccc1.O=[N+]([O-])c1cc(C(F)(F)F)ccc1Cl. The fourth-order valence-electron chi connectivity index (χ4n) is 1.46. The van der Waals surface area contributed by atoms with Crippen LogP contribution < -0.4 is 0 Å². The zero-order chi connectivity index (χ0) is 18.5. The highest BCUT2D eigenvalue weighted by Gasteiger charge is 2.32. The molecule has 0 saturated heterocycles. The molecule has 0 heterocycles. The first kappa shape index (κ1) is 19.8. The number of hydrogen-bond acceptors (Lipinski definition) is 2. The van der Waals surface area contributed by atoms with E-state index in [9.17, 15) is 36.5 Å². The quantitative estimate of drug-likeness (QED) is 0.352. The molecule has 0 bridgehead atoms. The Morgan fingerprint density at radius 1 is 0.833 bits per heavy atom. The summed E-state index contributed by atoms with van der Waals surface area (Å²) in [6.45, 7) is 0. The summed E-state index contributed by atoms with van der Waals surface area (Å²) in [6, 6.07) is 8.31. The smallest absolute Gasteiger partial charge is 0.258 e. The van der Waals surface area contributed by atoms with Gasteiger partial charge >= 0.3 is 12.4 Å². The van der Waals surface area contributed by atoms with Gasteiger partial charge < -0.3 is 0 Å². The Hall–Kier alpha value is -2.29. The van der Waals surface area contributed by atoms with E-state index in [0.717, 1.165) is 18.2 Å². The maximum Gasteiger partial charge on any atom is 0.416 e. The van der Waals surface area contributed by atoms with Gasteiger partial charge in [0.15, 0.2) is 0 Å². The molecule has 0 unspecified atom stereocenters. The Balaban J connectivity index is 0.000000254. The number of halogens is 7. The van der Waals surface area contributed by atoms with E-state index >= 15 is 0 Å². The van der Waals surface area contributed by atoms with Crippen LogP contribution in [0.25, 0.3) is 0 Å². The third-order valence-corrected chi connectivity index (χ3v) is 2.89. The minimum atomic E-state index is -4.60. The summed E-state index contributed by atoms with van der Waals surface area (Å²) in [5.41, 5.74) is -2.44. The lowest BCUT2D eigenvalue weighted by molar-refractivity contribution is -0.385. The fraction of sp³-hybridized carbons (Fsp3) is 0.143. The van der Waals surface area contributed by atoms with Crippen LogP contribution in [0.3, 0.4) is 0 Å². The van der Waals surface area contributed by atoms with Crippen molar-refractivity contribution in [2.24, 2.45) is 0 Å². The Morgan fingerprint density at radius 2 is 1.33 bits per heavy atom. The lowest BCUT2D eigenvalue weighted by Gasteiger charge is -2.05. The minimum Gasteiger partial charge on any atom is -0.258 e. The van der Waals surface area contributed by atoms with Crippen molar-refractivity contribution in [1.29, 1.82) is 0 Å². The van der Waals surface area contributed by atoms with E-state index in [1.54, 1.807) is 6.07 Å². The zero-order valence-electron chi connectivity index (χ0n) is 11.5. The molecule has 0 spiro atoms. The molecule has 0 aliphatic carbocycles. The van der Waals surface area contributed by atoms with Crippen LogP contribution in [0.15, 0.2) is 48.5 Å². The van der Waals surface area contributed by atoms with E-state index in [0.29, 0.717) is 12.1 Å². The van der Waals surface area contributed by atoms with Gasteiger partial charge in [0.2, 0.25) is 0 Å². The molecule has 0 aliphatic heterocycles. The summed E-state index contributed by atoms with van der Waals surface area (Å²) >= 11 is 5.33. The van der Waals surface area contributed by atoms with Crippen LogP contribution in [-0.2, 0) is 12.4 Å². The van der Waals surface area contributed by atoms with Crippen molar-refractivity contribution >= 4 is 17.3 Å². The average Bonchev–Trinajstić information content (AvgIpc) is 2.47. The molecule has 2 aromatic carbocycles. The van der Waals surface area contributed by atoms with Crippen LogP contribution in [0.4, 0.5) is 32.0 Å². The number of nitro benzene ring substituents is 1. The van der Waals surface area contributed by atoms with Crippen molar-refractivity contribution in [3.8, 4) is 0 Å². The number of nitro groups is 1. The average molecular weight is 372 g/mol. The van der Waals surface area contributed by atoms with Crippen molar-refractivity contribution in [3.63, 3.8) is 0 Å². The first-order chi connectivity index (χ1) is 10.9. The van der Waals surface area contributed by atoms with Crippen molar-refractivity contribution < 1.29 is 31.3 Å². The van der Waals surface area contributed by atoms with Gasteiger partial charge in [-0.1, -0.05) is 41.9 Å². The van der Waals surface area contributed by atoms with Crippen molar-refractivity contribution in [2.45, 2.75) is 12.4 Å². The van der Waals surface area contributed by atoms with Gasteiger partial charge in [0.25, 0.3) is 5.69 Å². The van der Waals surface area contributed by atoms with Gasteiger partial charge in [0, 0.05) is 6.07 Å². The molecule has 10 heteroatoms. The Morgan fingerprint density at radius 3 is 1.71 bits per heavy atom. The molecule has 2 aromatic rings. The summed E-state index contributed by atoms with van der Waals surface area (Å²) in [6.07, 6.45) is -8.81. The van der Waals surface area contributed by atoms with Crippen LogP contribution >= 0.6 is 11.6 Å². The second-order valence-corrected chi connectivity index (χ2v) is 4.69. The number of alkyl halides is 6. The Labute approximate surface area is 136 Å². The third-order valence-electron chi connectivity index (χ3n) is 2.57. The Bertz CT molecular complexity index is 701. The highest BCUT2D eigenvalue weighted by Crippen LogP contribution is 2.34. The molecular formula is C14H8ClF6NO2. The van der Waals surface area contributed by atoms with Crippen molar-refractivity contribution in [2.75, 3.05) is 0 Å². The highest BCUT2D eigenvalue weighted by molar-refractivity contribution is 6.32. The zero-order valence-corrected chi connectivity index (χ0v) is 12.3. The lowest BCUT2D eigenvalue weighted by Crippen LogP contribution is -2.05. The number of nitrogens with zero attached hydrogens (tertiary/aromatic N) is 1. The molecule has 130 valence electrons. The summed E-state index contributed by atoms with van der Waals surface area (Å²) in [5, 5.41) is 9.94. The summed E-state index contributed by atoms with van der Waals surface area (Å²) in [5.74, 6) is 0. The first-order valence-corrected chi connectivity index (χ1v) is 6.44. The molecule has 0 atom stereocenters. The molecule has 2 rings (SSSR count). The predicted octanol–water partition coefficient (Wildman–Crippen LogP) is 5.97. The molecule has 0 saturated carbocycles. The van der Waals surface area contributed by atoms with Crippen LogP contribution in [0.1, 0.15) is 11.1 Å². The molecule has 3 nitrogen and oxygen atoms in total. The van der Waals surface area contributed by atoms with E-state index in [2.05, 4.69) is 0 Å². The largest absolute Gasteiger partial charge is 0.416 e. The standard InChI is InChI=1S/C7H3ClF3NO2.C7H5F3/c8-5-2-1-4(7(9,10)11)3-6(5)12(13)14;8-7(9,10)6-4-2-1-3-5-6/h1-3H;1-5H. The Kier molecular flexibility index (Phi) is 6.19. The van der Waals surface area contributed by atoms with E-state index in [4.69, 9.17) is 11.6 Å². The van der Waals surface area contributed by atoms with E-state index < -0.39 is 34.1 Å². The third kappa shape index (κ3) is 5.73. The van der Waals surface area contributed by atoms with Crippen LogP contribution in [0.2, 0.25) is 5.02 Å². The maximum atomic E-state index is 12.1. The van der Waals surface area contributed by atoms with Crippen molar-refractivity contribution in [3.05, 3.63) is 74.8 Å². The van der Waals surface area contributed by atoms with Gasteiger partial charge in [-0.3, -0.25) is 10.1 Å². The highest BCUT2D eigenvalue weighted by atomic mass is 35.5. The van der Waals surface area contributed by atoms with E-state index in [1.807, 2.05) is 0 Å². The summed E-state index contributed by atoms with van der Waals surface area (Å²) in [4.78, 5) is 9.29. The maximum absolute atomic E-state index is 12.1. The normalized spacial score (nSPS) is 11.5. The molecule has 0 N–H and O–H groups in total. The van der Waals surface area contributed by atoms with Crippen LogP contribution in [-0.4, -0.2) is 4.92 Å². The number of rotatable bonds is 1. The molecule has 0 amide bonds. The monoisotopic (exact) mass is 371 g/mol. The number of hydrogen-bond donors (Lipinski definition) is 0. The topological polar surface area (TPSA) is 43.1 Å². The number of benzene rings is 2. The predicted molar refractivity (Wildman–Crippen MR) is 74.6 cm³/mol. The molecule has 0 fully saturated rings. The lowest BCUT2D eigenvalue weighted by atomic mass is 10.2.